The van der Waals surface area contributed by atoms with Gasteiger partial charge in [-0.05, 0) is 81.5 Å². The summed E-state index contributed by atoms with van der Waals surface area (Å²) in [6, 6.07) is 0. The maximum absolute atomic E-state index is 12.0. The second kappa shape index (κ2) is 8.04. The van der Waals surface area contributed by atoms with Crippen LogP contribution in [0.5, 0.6) is 0 Å². The molecular weight excluding hydrogens is 239 g/mol. The Bertz CT molecular complexity index is 260. The molecule has 2 fully saturated rings. The first kappa shape index (κ1) is 15.0. The SMILES string of the molecule is COCC1CCC(C2CCC(C/C=C/F)CC2)CC1. The van der Waals surface area contributed by atoms with Crippen molar-refractivity contribution in [3.63, 3.8) is 0 Å². The molecule has 0 saturated heterocycles. The van der Waals surface area contributed by atoms with Crippen molar-refractivity contribution < 1.29 is 9.13 Å². The zero-order valence-corrected chi connectivity index (χ0v) is 12.3. The number of ether oxygens (including phenoxy) is 1. The average Bonchev–Trinajstić information content (AvgIpc) is 2.47. The Hall–Kier alpha value is -0.370. The zero-order valence-electron chi connectivity index (χ0n) is 12.3. The fourth-order valence-electron chi connectivity index (χ4n) is 4.20. The summed E-state index contributed by atoms with van der Waals surface area (Å²) in [5.41, 5.74) is 0. The smallest absolute Gasteiger partial charge is 0.0827 e. The van der Waals surface area contributed by atoms with E-state index in [1.807, 2.05) is 7.11 Å². The predicted molar refractivity (Wildman–Crippen MR) is 77.6 cm³/mol. The van der Waals surface area contributed by atoms with E-state index in [-0.39, 0.29) is 0 Å². The standard InChI is InChI=1S/C17H29FO/c1-19-13-15-6-10-17(11-7-15)16-8-4-14(5-9-16)3-2-12-18/h2,12,14-17H,3-11,13H2,1H3/b12-2+. The number of hydrogen-bond donors (Lipinski definition) is 0. The van der Waals surface area contributed by atoms with Crippen molar-refractivity contribution in [2.24, 2.45) is 23.7 Å². The largest absolute Gasteiger partial charge is 0.384 e. The predicted octanol–water partition coefficient (Wildman–Crippen LogP) is 5.12. The third-order valence-corrected chi connectivity index (χ3v) is 5.41. The van der Waals surface area contributed by atoms with E-state index in [0.29, 0.717) is 6.33 Å². The Labute approximate surface area is 117 Å². The molecule has 2 rings (SSSR count). The first-order chi connectivity index (χ1) is 9.33. The average molecular weight is 268 g/mol. The quantitative estimate of drug-likeness (QED) is 0.672. The molecule has 110 valence electrons. The van der Waals surface area contributed by atoms with E-state index in [9.17, 15) is 4.39 Å². The molecule has 1 nitrogen and oxygen atoms in total. The van der Waals surface area contributed by atoms with Crippen LogP contribution in [-0.4, -0.2) is 13.7 Å². The number of rotatable bonds is 5. The van der Waals surface area contributed by atoms with Gasteiger partial charge in [-0.25, -0.2) is 4.39 Å². The van der Waals surface area contributed by atoms with Crippen molar-refractivity contribution in [2.75, 3.05) is 13.7 Å². The van der Waals surface area contributed by atoms with Crippen molar-refractivity contribution in [3.8, 4) is 0 Å². The van der Waals surface area contributed by atoms with E-state index < -0.39 is 0 Å². The summed E-state index contributed by atoms with van der Waals surface area (Å²) in [5.74, 6) is 3.47. The summed E-state index contributed by atoms with van der Waals surface area (Å²) in [4.78, 5) is 0. The topological polar surface area (TPSA) is 9.23 Å². The molecule has 0 amide bonds. The minimum atomic E-state index is 0.711. The molecule has 2 heteroatoms. The minimum absolute atomic E-state index is 0.711. The summed E-state index contributed by atoms with van der Waals surface area (Å²) < 4.78 is 17.3. The summed E-state index contributed by atoms with van der Waals surface area (Å²) in [6.45, 7) is 0.953. The lowest BCUT2D eigenvalue weighted by molar-refractivity contribution is 0.0935. The van der Waals surface area contributed by atoms with Gasteiger partial charge >= 0.3 is 0 Å². The summed E-state index contributed by atoms with van der Waals surface area (Å²) in [6.07, 6.45) is 14.3. The van der Waals surface area contributed by atoms with E-state index in [0.717, 1.165) is 36.7 Å². The minimum Gasteiger partial charge on any atom is -0.384 e. The molecule has 0 heterocycles. The van der Waals surface area contributed by atoms with Crippen LogP contribution in [0.15, 0.2) is 12.4 Å². The Morgan fingerprint density at radius 1 is 0.895 bits per heavy atom. The zero-order chi connectivity index (χ0) is 13.5. The maximum atomic E-state index is 12.0. The highest BCUT2D eigenvalue weighted by Crippen LogP contribution is 2.42. The molecule has 0 radical (unpaired) electrons. The van der Waals surface area contributed by atoms with Crippen molar-refractivity contribution in [1.29, 1.82) is 0 Å². The van der Waals surface area contributed by atoms with Gasteiger partial charge in [-0.1, -0.05) is 6.08 Å². The maximum Gasteiger partial charge on any atom is 0.0827 e. The molecule has 0 atom stereocenters. The Balaban J connectivity index is 1.68. The van der Waals surface area contributed by atoms with Gasteiger partial charge < -0.3 is 4.74 Å². The first-order valence-electron chi connectivity index (χ1n) is 8.07. The molecule has 0 unspecified atom stereocenters. The monoisotopic (exact) mass is 268 g/mol. The third kappa shape index (κ3) is 4.59. The van der Waals surface area contributed by atoms with Crippen LogP contribution in [0.4, 0.5) is 4.39 Å². The third-order valence-electron chi connectivity index (χ3n) is 5.41. The van der Waals surface area contributed by atoms with Gasteiger partial charge in [0.25, 0.3) is 0 Å². The highest BCUT2D eigenvalue weighted by molar-refractivity contribution is 4.85. The first-order valence-corrected chi connectivity index (χ1v) is 8.07. The lowest BCUT2D eigenvalue weighted by Gasteiger charge is -2.37. The van der Waals surface area contributed by atoms with Gasteiger partial charge in [-0.15, -0.1) is 0 Å². The van der Waals surface area contributed by atoms with Crippen LogP contribution in [0.2, 0.25) is 0 Å². The van der Waals surface area contributed by atoms with Crippen LogP contribution in [-0.2, 0) is 4.74 Å². The van der Waals surface area contributed by atoms with Gasteiger partial charge in [0.05, 0.1) is 6.33 Å². The Morgan fingerprint density at radius 2 is 1.42 bits per heavy atom. The molecule has 2 saturated carbocycles. The number of hydrogen-bond acceptors (Lipinski definition) is 1. The second-order valence-electron chi connectivity index (χ2n) is 6.61. The fraction of sp³-hybridized carbons (Fsp3) is 0.882. The van der Waals surface area contributed by atoms with Crippen LogP contribution in [0.25, 0.3) is 0 Å². The molecule has 0 aromatic heterocycles. The molecule has 0 aromatic rings. The molecule has 0 spiro atoms. The normalized spacial score (nSPS) is 36.7. The molecule has 2 aliphatic carbocycles. The van der Waals surface area contributed by atoms with Crippen LogP contribution >= 0.6 is 0 Å². The second-order valence-corrected chi connectivity index (χ2v) is 6.61. The lowest BCUT2D eigenvalue weighted by Crippen LogP contribution is -2.26. The van der Waals surface area contributed by atoms with Crippen LogP contribution in [0.3, 0.4) is 0 Å². The van der Waals surface area contributed by atoms with Gasteiger partial charge in [-0.2, -0.15) is 0 Å². The van der Waals surface area contributed by atoms with Gasteiger partial charge in [0.1, 0.15) is 0 Å². The Kier molecular flexibility index (Phi) is 6.36. The van der Waals surface area contributed by atoms with E-state index in [4.69, 9.17) is 4.74 Å². The van der Waals surface area contributed by atoms with E-state index in [2.05, 4.69) is 0 Å². The molecule has 19 heavy (non-hydrogen) atoms. The highest BCUT2D eigenvalue weighted by Gasteiger charge is 2.30. The van der Waals surface area contributed by atoms with Crippen LogP contribution < -0.4 is 0 Å². The van der Waals surface area contributed by atoms with Gasteiger partial charge in [-0.3, -0.25) is 0 Å². The number of halogens is 1. The molecule has 0 N–H and O–H groups in total. The van der Waals surface area contributed by atoms with Crippen molar-refractivity contribution in [3.05, 3.63) is 12.4 Å². The van der Waals surface area contributed by atoms with Crippen LogP contribution in [0, 0.1) is 23.7 Å². The van der Waals surface area contributed by atoms with E-state index in [1.54, 1.807) is 6.08 Å². The van der Waals surface area contributed by atoms with Crippen molar-refractivity contribution in [1.82, 2.24) is 0 Å². The van der Waals surface area contributed by atoms with Crippen molar-refractivity contribution in [2.45, 2.75) is 57.8 Å². The van der Waals surface area contributed by atoms with Crippen molar-refractivity contribution >= 4 is 0 Å². The summed E-state index contributed by atoms with van der Waals surface area (Å²) >= 11 is 0. The van der Waals surface area contributed by atoms with E-state index >= 15 is 0 Å². The molecular formula is C17H29FO. The Morgan fingerprint density at radius 3 is 1.89 bits per heavy atom. The highest BCUT2D eigenvalue weighted by atomic mass is 19.1. The van der Waals surface area contributed by atoms with Gasteiger partial charge in [0.15, 0.2) is 0 Å². The molecule has 0 aliphatic heterocycles. The number of methoxy groups -OCH3 is 1. The lowest BCUT2D eigenvalue weighted by atomic mass is 9.69. The van der Waals surface area contributed by atoms with Gasteiger partial charge in [0.2, 0.25) is 0 Å². The van der Waals surface area contributed by atoms with Gasteiger partial charge in [0, 0.05) is 13.7 Å². The summed E-state index contributed by atoms with van der Waals surface area (Å²) in [7, 11) is 1.82. The molecule has 0 aromatic carbocycles. The molecule has 2 aliphatic rings. The summed E-state index contributed by atoms with van der Waals surface area (Å²) in [5, 5.41) is 0. The van der Waals surface area contributed by atoms with E-state index in [1.165, 1.54) is 51.4 Å². The fourth-order valence-corrected chi connectivity index (χ4v) is 4.20. The van der Waals surface area contributed by atoms with Crippen LogP contribution in [0.1, 0.15) is 57.8 Å². The molecule has 0 bridgehead atoms. The number of allylic oxidation sites excluding steroid dienone is 1.